The van der Waals surface area contributed by atoms with E-state index in [1.807, 2.05) is 30.3 Å². The Hall–Kier alpha value is -2.63. The molecule has 0 fully saturated rings. The number of oxime groups is 1. The van der Waals surface area contributed by atoms with Gasteiger partial charge in [0.1, 0.15) is 11.5 Å². The van der Waals surface area contributed by atoms with E-state index >= 15 is 0 Å². The van der Waals surface area contributed by atoms with Crippen molar-refractivity contribution < 1.29 is 10.0 Å². The number of carbonyl (C=O) groups is 1. The molecule has 6 nitrogen and oxygen atoms in total. The summed E-state index contributed by atoms with van der Waals surface area (Å²) in [4.78, 5) is 16.3. The van der Waals surface area contributed by atoms with Crippen LogP contribution in [0.5, 0.6) is 0 Å². The van der Waals surface area contributed by atoms with Gasteiger partial charge in [-0.05, 0) is 12.1 Å². The van der Waals surface area contributed by atoms with Gasteiger partial charge in [-0.2, -0.15) is 0 Å². The van der Waals surface area contributed by atoms with E-state index in [4.69, 9.17) is 10.9 Å². The molecule has 0 radical (unpaired) electrons. The minimum Gasteiger partial charge on any atom is -0.409 e. The number of nitrogens with zero attached hydrogens (tertiary/aromatic N) is 2. The molecule has 4 N–H and O–H groups in total. The van der Waals surface area contributed by atoms with E-state index < -0.39 is 0 Å². The van der Waals surface area contributed by atoms with Gasteiger partial charge in [0.15, 0.2) is 0 Å². The Morgan fingerprint density at radius 1 is 1.40 bits per heavy atom. The van der Waals surface area contributed by atoms with Gasteiger partial charge in [0.2, 0.25) is 0 Å². The topological polar surface area (TPSA) is 101 Å². The van der Waals surface area contributed by atoms with Crippen LogP contribution >= 0.6 is 0 Å². The first-order valence-electron chi connectivity index (χ1n) is 6.23. The highest BCUT2D eigenvalue weighted by Crippen LogP contribution is 2.11. The molecule has 1 heterocycles. The Morgan fingerprint density at radius 2 is 2.15 bits per heavy atom. The number of para-hydroxylation sites is 1. The molecule has 1 atom stereocenters. The average Bonchev–Trinajstić information content (AvgIpc) is 2.50. The Balaban J connectivity index is 2.08. The molecule has 2 aromatic rings. The zero-order valence-corrected chi connectivity index (χ0v) is 11.1. The van der Waals surface area contributed by atoms with Gasteiger partial charge >= 0.3 is 0 Å². The molecular weight excluding hydrogens is 256 g/mol. The van der Waals surface area contributed by atoms with Crippen molar-refractivity contribution in [3.05, 3.63) is 42.1 Å². The van der Waals surface area contributed by atoms with Crippen LogP contribution in [0.3, 0.4) is 0 Å². The smallest absolute Gasteiger partial charge is 0.269 e. The van der Waals surface area contributed by atoms with Crippen molar-refractivity contribution in [2.75, 3.05) is 6.54 Å². The summed E-state index contributed by atoms with van der Waals surface area (Å²) in [5.41, 5.74) is 6.56. The van der Waals surface area contributed by atoms with Crippen LogP contribution in [0, 0.1) is 5.92 Å². The fourth-order valence-corrected chi connectivity index (χ4v) is 1.73. The van der Waals surface area contributed by atoms with Crippen LogP contribution < -0.4 is 11.1 Å². The fraction of sp³-hybridized carbons (Fsp3) is 0.214. The predicted molar refractivity (Wildman–Crippen MR) is 76.6 cm³/mol. The molecule has 1 amide bonds. The molecule has 1 aromatic carbocycles. The number of benzene rings is 1. The summed E-state index contributed by atoms with van der Waals surface area (Å²) in [6.45, 7) is 2.03. The molecule has 6 heteroatoms. The van der Waals surface area contributed by atoms with Crippen LogP contribution in [-0.4, -0.2) is 28.5 Å². The predicted octanol–water partition coefficient (Wildman–Crippen LogP) is 1.35. The molecule has 0 spiro atoms. The van der Waals surface area contributed by atoms with Crippen LogP contribution in [0.1, 0.15) is 17.4 Å². The monoisotopic (exact) mass is 272 g/mol. The summed E-state index contributed by atoms with van der Waals surface area (Å²) < 4.78 is 0. The highest BCUT2D eigenvalue weighted by atomic mass is 16.4. The number of nitrogens with two attached hydrogens (primary N) is 1. The summed E-state index contributed by atoms with van der Waals surface area (Å²) in [7, 11) is 0. The molecule has 104 valence electrons. The van der Waals surface area contributed by atoms with Crippen molar-refractivity contribution in [1.29, 1.82) is 0 Å². The third kappa shape index (κ3) is 3.03. The van der Waals surface area contributed by atoms with Crippen LogP contribution in [0.25, 0.3) is 10.9 Å². The second-order valence-electron chi connectivity index (χ2n) is 4.53. The van der Waals surface area contributed by atoms with Gasteiger partial charge in [-0.15, -0.1) is 0 Å². The Morgan fingerprint density at radius 3 is 2.90 bits per heavy atom. The molecule has 20 heavy (non-hydrogen) atoms. The molecule has 1 aromatic heterocycles. The number of nitrogens with one attached hydrogen (secondary N) is 1. The molecule has 0 saturated heterocycles. The van der Waals surface area contributed by atoms with E-state index in [0.717, 1.165) is 10.9 Å². The van der Waals surface area contributed by atoms with Crippen molar-refractivity contribution in [2.45, 2.75) is 6.92 Å². The molecule has 0 aliphatic rings. The van der Waals surface area contributed by atoms with Crippen molar-refractivity contribution >= 4 is 22.6 Å². The quantitative estimate of drug-likeness (QED) is 0.338. The Labute approximate surface area is 116 Å². The molecule has 0 aliphatic heterocycles. The van der Waals surface area contributed by atoms with E-state index in [1.165, 1.54) is 0 Å². The third-order valence-electron chi connectivity index (χ3n) is 3.02. The fourth-order valence-electron chi connectivity index (χ4n) is 1.73. The van der Waals surface area contributed by atoms with Crippen molar-refractivity contribution in [1.82, 2.24) is 10.3 Å². The van der Waals surface area contributed by atoms with Gasteiger partial charge in [0, 0.05) is 17.8 Å². The first kappa shape index (κ1) is 13.8. The van der Waals surface area contributed by atoms with Gasteiger partial charge < -0.3 is 16.3 Å². The lowest BCUT2D eigenvalue weighted by atomic mass is 10.1. The van der Waals surface area contributed by atoms with E-state index in [0.29, 0.717) is 5.69 Å². The van der Waals surface area contributed by atoms with Gasteiger partial charge in [-0.1, -0.05) is 36.3 Å². The lowest BCUT2D eigenvalue weighted by molar-refractivity contribution is 0.0946. The normalized spacial score (nSPS) is 13.2. The minimum atomic E-state index is -0.284. The number of amides is 1. The largest absolute Gasteiger partial charge is 0.409 e. The number of fused-ring (bicyclic) bond motifs is 1. The molecular formula is C14H16N4O2. The molecule has 0 saturated carbocycles. The maximum Gasteiger partial charge on any atom is 0.269 e. The summed E-state index contributed by atoms with van der Waals surface area (Å²) in [6, 6.07) is 11.1. The molecule has 0 bridgehead atoms. The van der Waals surface area contributed by atoms with Crippen LogP contribution in [0.4, 0.5) is 0 Å². The van der Waals surface area contributed by atoms with Crippen LogP contribution in [-0.2, 0) is 0 Å². The van der Waals surface area contributed by atoms with Gasteiger partial charge in [-0.25, -0.2) is 4.98 Å². The molecule has 0 aliphatic carbocycles. The Kier molecular flexibility index (Phi) is 4.14. The summed E-state index contributed by atoms with van der Waals surface area (Å²) in [6.07, 6.45) is 0. The minimum absolute atomic E-state index is 0.0803. The zero-order valence-electron chi connectivity index (χ0n) is 11.1. The highest BCUT2D eigenvalue weighted by Gasteiger charge is 2.12. The van der Waals surface area contributed by atoms with Gasteiger partial charge in [-0.3, -0.25) is 4.79 Å². The van der Waals surface area contributed by atoms with E-state index in [1.54, 1.807) is 13.0 Å². The van der Waals surface area contributed by atoms with E-state index in [9.17, 15) is 4.79 Å². The Bertz CT molecular complexity index is 654. The number of aromatic nitrogens is 1. The number of hydrogen-bond acceptors (Lipinski definition) is 4. The van der Waals surface area contributed by atoms with Crippen LogP contribution in [0.15, 0.2) is 41.6 Å². The number of carbonyl (C=O) groups excluding carboxylic acids is 1. The lowest BCUT2D eigenvalue weighted by Gasteiger charge is -2.10. The van der Waals surface area contributed by atoms with Gasteiger partial charge in [0.05, 0.1) is 5.52 Å². The lowest BCUT2D eigenvalue weighted by Crippen LogP contribution is -2.35. The maximum absolute atomic E-state index is 12.0. The average molecular weight is 272 g/mol. The number of hydrogen-bond donors (Lipinski definition) is 3. The van der Waals surface area contributed by atoms with Crippen molar-refractivity contribution in [2.24, 2.45) is 16.8 Å². The summed E-state index contributed by atoms with van der Waals surface area (Å²) in [5.74, 6) is -0.450. The summed E-state index contributed by atoms with van der Waals surface area (Å²) >= 11 is 0. The first-order valence-corrected chi connectivity index (χ1v) is 6.23. The SMILES string of the molecule is CC(CNC(=O)c1ccc2ccccc2n1)C(N)=NO. The van der Waals surface area contributed by atoms with Gasteiger partial charge in [0.25, 0.3) is 5.91 Å². The number of rotatable bonds is 4. The van der Waals surface area contributed by atoms with E-state index in [2.05, 4.69) is 15.5 Å². The second-order valence-corrected chi connectivity index (χ2v) is 4.53. The maximum atomic E-state index is 12.0. The highest BCUT2D eigenvalue weighted by molar-refractivity contribution is 5.95. The van der Waals surface area contributed by atoms with Crippen molar-refractivity contribution in [3.8, 4) is 0 Å². The van der Waals surface area contributed by atoms with E-state index in [-0.39, 0.29) is 24.2 Å². The van der Waals surface area contributed by atoms with Crippen molar-refractivity contribution in [3.63, 3.8) is 0 Å². The first-order chi connectivity index (χ1) is 9.61. The molecule has 2 rings (SSSR count). The standard InChI is InChI=1S/C14H16N4O2/c1-9(13(15)18-20)8-16-14(19)12-7-6-10-4-2-3-5-11(10)17-12/h2-7,9,20H,8H2,1H3,(H2,15,18)(H,16,19). The third-order valence-corrected chi connectivity index (χ3v) is 3.02. The number of pyridine rings is 1. The number of amidine groups is 1. The van der Waals surface area contributed by atoms with Crippen LogP contribution in [0.2, 0.25) is 0 Å². The summed E-state index contributed by atoms with van der Waals surface area (Å²) in [5, 5.41) is 15.1. The molecule has 1 unspecified atom stereocenters. The second kappa shape index (κ2) is 6.01. The zero-order chi connectivity index (χ0) is 14.5.